The van der Waals surface area contributed by atoms with Gasteiger partial charge in [0.2, 0.25) is 0 Å². The Morgan fingerprint density at radius 3 is 3.17 bits per heavy atom. The molecule has 0 spiro atoms. The summed E-state index contributed by atoms with van der Waals surface area (Å²) in [6.07, 6.45) is 2.67. The van der Waals surface area contributed by atoms with Crippen molar-refractivity contribution in [1.82, 2.24) is 9.55 Å². The van der Waals surface area contributed by atoms with Crippen molar-refractivity contribution in [3.05, 3.63) is 22.7 Å². The number of anilines is 1. The summed E-state index contributed by atoms with van der Waals surface area (Å²) in [5, 5.41) is 0. The van der Waals surface area contributed by atoms with Crippen molar-refractivity contribution in [2.45, 2.75) is 24.7 Å². The van der Waals surface area contributed by atoms with Gasteiger partial charge in [-0.1, -0.05) is 0 Å². The molecule has 2 rings (SSSR count). The number of hydrogen-bond acceptors (Lipinski definition) is 5. The summed E-state index contributed by atoms with van der Waals surface area (Å²) in [5.74, 6) is 0.531. The van der Waals surface area contributed by atoms with Gasteiger partial charge in [-0.2, -0.15) is 4.98 Å². The van der Waals surface area contributed by atoms with Gasteiger partial charge >= 0.3 is 5.69 Å². The van der Waals surface area contributed by atoms with Crippen LogP contribution >= 0.6 is 11.6 Å². The van der Waals surface area contributed by atoms with E-state index < -0.39 is 11.3 Å². The van der Waals surface area contributed by atoms with Gasteiger partial charge in [0.15, 0.2) is 0 Å². The summed E-state index contributed by atoms with van der Waals surface area (Å²) >= 11 is 5.93. The van der Waals surface area contributed by atoms with Gasteiger partial charge in [0.1, 0.15) is 17.6 Å². The lowest BCUT2D eigenvalue weighted by atomic mass is 10.0. The van der Waals surface area contributed by atoms with E-state index in [2.05, 4.69) is 4.98 Å². The van der Waals surface area contributed by atoms with Gasteiger partial charge < -0.3 is 15.2 Å². The van der Waals surface area contributed by atoms with Crippen molar-refractivity contribution in [2.24, 2.45) is 0 Å². The number of alkyl halides is 1. The standard InChI is InChI=1S/C11H16ClN3O3/c1-17-7-11(6-12)4-2-9(18-11)15-5-3-8(13)14-10(15)16/h3,5,9H,2,4,6-7H2,1H3,(H2,13,14,16). The molecule has 0 amide bonds. The molecular weight excluding hydrogens is 258 g/mol. The number of aromatic nitrogens is 2. The Morgan fingerprint density at radius 1 is 1.78 bits per heavy atom. The third-order valence-corrected chi connectivity index (χ3v) is 3.53. The van der Waals surface area contributed by atoms with E-state index in [4.69, 9.17) is 26.8 Å². The van der Waals surface area contributed by atoms with E-state index >= 15 is 0 Å². The Morgan fingerprint density at radius 2 is 2.56 bits per heavy atom. The minimum absolute atomic E-state index is 0.203. The third-order valence-electron chi connectivity index (χ3n) is 3.05. The van der Waals surface area contributed by atoms with Gasteiger partial charge in [0, 0.05) is 13.3 Å². The highest BCUT2D eigenvalue weighted by atomic mass is 35.5. The fourth-order valence-corrected chi connectivity index (χ4v) is 2.41. The molecule has 0 bridgehead atoms. The molecule has 7 heteroatoms. The molecule has 0 aliphatic carbocycles. The maximum Gasteiger partial charge on any atom is 0.351 e. The fourth-order valence-electron chi connectivity index (χ4n) is 2.14. The molecule has 1 aromatic heterocycles. The maximum atomic E-state index is 11.7. The van der Waals surface area contributed by atoms with E-state index in [-0.39, 0.29) is 12.0 Å². The van der Waals surface area contributed by atoms with Crippen LogP contribution in [0.4, 0.5) is 5.82 Å². The van der Waals surface area contributed by atoms with Crippen LogP contribution in [0.3, 0.4) is 0 Å². The molecule has 1 aliphatic heterocycles. The van der Waals surface area contributed by atoms with E-state index in [1.165, 1.54) is 4.57 Å². The molecule has 100 valence electrons. The number of nitrogens with two attached hydrogens (primary N) is 1. The lowest BCUT2D eigenvalue weighted by Gasteiger charge is -2.26. The fraction of sp³-hybridized carbons (Fsp3) is 0.636. The average molecular weight is 274 g/mol. The number of ether oxygens (including phenoxy) is 2. The molecule has 2 unspecified atom stereocenters. The molecule has 18 heavy (non-hydrogen) atoms. The first kappa shape index (κ1) is 13.3. The van der Waals surface area contributed by atoms with E-state index in [0.29, 0.717) is 18.9 Å². The van der Waals surface area contributed by atoms with Crippen molar-refractivity contribution in [3.8, 4) is 0 Å². The van der Waals surface area contributed by atoms with Crippen molar-refractivity contribution in [1.29, 1.82) is 0 Å². The number of nitrogens with zero attached hydrogens (tertiary/aromatic N) is 2. The van der Waals surface area contributed by atoms with Crippen LogP contribution < -0.4 is 11.4 Å². The summed E-state index contributed by atoms with van der Waals surface area (Å²) in [6.45, 7) is 0.407. The van der Waals surface area contributed by atoms with Gasteiger partial charge in [-0.05, 0) is 18.9 Å². The minimum atomic E-state index is -0.526. The summed E-state index contributed by atoms with van der Waals surface area (Å²) < 4.78 is 12.4. The van der Waals surface area contributed by atoms with E-state index in [0.717, 1.165) is 6.42 Å². The molecule has 0 aromatic carbocycles. The molecule has 2 atom stereocenters. The Bertz CT molecular complexity index is 479. The van der Waals surface area contributed by atoms with Crippen LogP contribution in [-0.4, -0.2) is 34.7 Å². The number of rotatable bonds is 4. The smallest absolute Gasteiger partial charge is 0.351 e. The summed E-state index contributed by atoms with van der Waals surface area (Å²) in [6, 6.07) is 1.57. The van der Waals surface area contributed by atoms with Crippen LogP contribution in [0.25, 0.3) is 0 Å². The molecule has 0 radical (unpaired) electrons. The zero-order valence-corrected chi connectivity index (χ0v) is 10.9. The Balaban J connectivity index is 2.19. The highest BCUT2D eigenvalue weighted by Gasteiger charge is 2.40. The molecule has 2 heterocycles. The second-order valence-electron chi connectivity index (χ2n) is 4.40. The third kappa shape index (κ3) is 2.50. The van der Waals surface area contributed by atoms with Crippen LogP contribution in [0.1, 0.15) is 19.1 Å². The normalized spacial score (nSPS) is 27.6. The first-order valence-electron chi connectivity index (χ1n) is 5.67. The van der Waals surface area contributed by atoms with E-state index in [9.17, 15) is 4.79 Å². The lowest BCUT2D eigenvalue weighted by Crippen LogP contribution is -2.37. The molecular formula is C11H16ClN3O3. The molecule has 1 fully saturated rings. The molecule has 1 aromatic rings. The van der Waals surface area contributed by atoms with Crippen molar-refractivity contribution in [3.63, 3.8) is 0 Å². The molecule has 2 N–H and O–H groups in total. The van der Waals surface area contributed by atoms with Gasteiger partial charge in [0.25, 0.3) is 0 Å². The largest absolute Gasteiger partial charge is 0.383 e. The van der Waals surface area contributed by atoms with Gasteiger partial charge in [-0.15, -0.1) is 11.6 Å². The Labute approximate surface area is 110 Å². The summed E-state index contributed by atoms with van der Waals surface area (Å²) in [4.78, 5) is 15.4. The first-order chi connectivity index (χ1) is 8.60. The van der Waals surface area contributed by atoms with Gasteiger partial charge in [-0.3, -0.25) is 4.57 Å². The van der Waals surface area contributed by atoms with Crippen LogP contribution in [-0.2, 0) is 9.47 Å². The van der Waals surface area contributed by atoms with Gasteiger partial charge in [0.05, 0.1) is 12.5 Å². The number of hydrogen-bond donors (Lipinski definition) is 1. The van der Waals surface area contributed by atoms with Crippen molar-refractivity contribution in [2.75, 3.05) is 25.3 Å². The zero-order valence-electron chi connectivity index (χ0n) is 10.1. The van der Waals surface area contributed by atoms with Crippen molar-refractivity contribution >= 4 is 17.4 Å². The number of nitrogen functional groups attached to an aromatic ring is 1. The number of halogens is 1. The first-order valence-corrected chi connectivity index (χ1v) is 6.21. The topological polar surface area (TPSA) is 79.4 Å². The van der Waals surface area contributed by atoms with Crippen LogP contribution in [0.15, 0.2) is 17.1 Å². The quantitative estimate of drug-likeness (QED) is 0.819. The number of methoxy groups -OCH3 is 1. The minimum Gasteiger partial charge on any atom is -0.383 e. The second-order valence-corrected chi connectivity index (χ2v) is 4.67. The van der Waals surface area contributed by atoms with Crippen LogP contribution in [0.2, 0.25) is 0 Å². The molecule has 6 nitrogen and oxygen atoms in total. The second kappa shape index (κ2) is 5.26. The predicted octanol–water partition coefficient (Wildman–Crippen LogP) is 0.758. The highest BCUT2D eigenvalue weighted by molar-refractivity contribution is 6.18. The zero-order chi connectivity index (χ0) is 13.2. The average Bonchev–Trinajstić information content (AvgIpc) is 2.74. The molecule has 1 aliphatic rings. The van der Waals surface area contributed by atoms with Gasteiger partial charge in [-0.25, -0.2) is 4.79 Å². The van der Waals surface area contributed by atoms with Crippen LogP contribution in [0.5, 0.6) is 0 Å². The van der Waals surface area contributed by atoms with E-state index in [1.807, 2.05) is 0 Å². The van der Waals surface area contributed by atoms with E-state index in [1.54, 1.807) is 19.4 Å². The van der Waals surface area contributed by atoms with Crippen LogP contribution in [0, 0.1) is 0 Å². The maximum absolute atomic E-state index is 11.7. The summed E-state index contributed by atoms with van der Waals surface area (Å²) in [5.41, 5.74) is 4.51. The van der Waals surface area contributed by atoms with Crippen molar-refractivity contribution < 1.29 is 9.47 Å². The molecule has 1 saturated heterocycles. The summed E-state index contributed by atoms with van der Waals surface area (Å²) in [7, 11) is 1.60. The SMILES string of the molecule is COCC1(CCl)CCC(n2ccc(N)nc2=O)O1. The predicted molar refractivity (Wildman–Crippen MR) is 67.6 cm³/mol. The monoisotopic (exact) mass is 273 g/mol. The highest BCUT2D eigenvalue weighted by Crippen LogP contribution is 2.36. The molecule has 0 saturated carbocycles. The Hall–Kier alpha value is -1.11. The Kier molecular flexibility index (Phi) is 3.89. The lowest BCUT2D eigenvalue weighted by molar-refractivity contribution is -0.0935.